The van der Waals surface area contributed by atoms with Gasteiger partial charge in [0, 0.05) is 44.3 Å². The number of carbonyl (C=O) groups excluding carboxylic acids is 2. The number of benzene rings is 1. The normalized spacial score (nSPS) is 24.5. The summed E-state index contributed by atoms with van der Waals surface area (Å²) in [7, 11) is 0. The maximum Gasteiger partial charge on any atom is 0.236 e. The number of piperazine rings is 1. The number of nitrogens with one attached hydrogen (secondary N) is 1. The summed E-state index contributed by atoms with van der Waals surface area (Å²) in [6, 6.07) is 7.46. The van der Waals surface area contributed by atoms with Crippen molar-refractivity contribution in [2.45, 2.75) is 33.2 Å². The summed E-state index contributed by atoms with van der Waals surface area (Å²) in [5.74, 6) is 1.42. The van der Waals surface area contributed by atoms with Crippen molar-refractivity contribution in [3.63, 3.8) is 0 Å². The molecule has 2 aliphatic rings. The molecule has 7 heteroatoms. The second-order valence-electron chi connectivity index (χ2n) is 9.11. The fourth-order valence-electron chi connectivity index (χ4n) is 4.66. The van der Waals surface area contributed by atoms with E-state index in [2.05, 4.69) is 29.0 Å². The van der Waals surface area contributed by atoms with Crippen LogP contribution in [0.2, 0.25) is 5.02 Å². The minimum Gasteiger partial charge on any atom is -0.348 e. The van der Waals surface area contributed by atoms with Gasteiger partial charge in [0.25, 0.3) is 0 Å². The van der Waals surface area contributed by atoms with Crippen LogP contribution in [0.25, 0.3) is 0 Å². The molecule has 166 valence electrons. The van der Waals surface area contributed by atoms with Gasteiger partial charge in [0.05, 0.1) is 19.1 Å². The molecule has 6 nitrogen and oxygen atoms in total. The molecular weight excluding hydrogens is 400 g/mol. The second-order valence-corrected chi connectivity index (χ2v) is 9.51. The molecule has 2 fully saturated rings. The lowest BCUT2D eigenvalue weighted by Crippen LogP contribution is -2.53. The quantitative estimate of drug-likeness (QED) is 0.747. The van der Waals surface area contributed by atoms with E-state index >= 15 is 0 Å². The van der Waals surface area contributed by atoms with Gasteiger partial charge in [0.1, 0.15) is 0 Å². The van der Waals surface area contributed by atoms with Crippen molar-refractivity contribution >= 4 is 23.4 Å². The minimum absolute atomic E-state index is 0.00300. The Morgan fingerprint density at radius 1 is 1.03 bits per heavy atom. The van der Waals surface area contributed by atoms with Crippen LogP contribution in [0, 0.1) is 11.8 Å². The van der Waals surface area contributed by atoms with Crippen LogP contribution in [0.15, 0.2) is 24.3 Å². The van der Waals surface area contributed by atoms with Gasteiger partial charge in [0.2, 0.25) is 11.8 Å². The Kier molecular flexibility index (Phi) is 8.14. The number of hydrogen-bond donors (Lipinski definition) is 1. The van der Waals surface area contributed by atoms with Crippen LogP contribution < -0.4 is 5.32 Å². The average molecular weight is 435 g/mol. The highest BCUT2D eigenvalue weighted by Gasteiger charge is 2.28. The SMILES string of the molecule is C[C@@H]1C[C@@H](C)CN(C(=O)CN2CCN(CC(=O)N[C@@H](C)c3ccccc3Cl)CC2)C1. The highest BCUT2D eigenvalue weighted by Crippen LogP contribution is 2.22. The van der Waals surface area contributed by atoms with Crippen molar-refractivity contribution in [1.82, 2.24) is 20.0 Å². The Bertz CT molecular complexity index is 726. The first-order chi connectivity index (χ1) is 14.3. The second kappa shape index (κ2) is 10.6. The summed E-state index contributed by atoms with van der Waals surface area (Å²) in [6.07, 6.45) is 1.21. The zero-order chi connectivity index (χ0) is 21.7. The van der Waals surface area contributed by atoms with Gasteiger partial charge in [-0.15, -0.1) is 0 Å². The van der Waals surface area contributed by atoms with E-state index in [4.69, 9.17) is 11.6 Å². The van der Waals surface area contributed by atoms with E-state index in [1.54, 1.807) is 0 Å². The monoisotopic (exact) mass is 434 g/mol. The summed E-state index contributed by atoms with van der Waals surface area (Å²) < 4.78 is 0. The Morgan fingerprint density at radius 2 is 1.60 bits per heavy atom. The zero-order valence-electron chi connectivity index (χ0n) is 18.4. The molecule has 3 rings (SSSR count). The Hall–Kier alpha value is -1.63. The number of likely N-dealkylation sites (tertiary alicyclic amines) is 1. The first kappa shape index (κ1) is 23.0. The molecule has 30 heavy (non-hydrogen) atoms. The lowest BCUT2D eigenvalue weighted by molar-refractivity contribution is -0.135. The fourth-order valence-corrected chi connectivity index (χ4v) is 4.96. The van der Waals surface area contributed by atoms with Crippen LogP contribution in [0.5, 0.6) is 0 Å². The van der Waals surface area contributed by atoms with Gasteiger partial charge in [-0.2, -0.15) is 0 Å². The van der Waals surface area contributed by atoms with E-state index in [1.165, 1.54) is 6.42 Å². The van der Waals surface area contributed by atoms with Crippen LogP contribution >= 0.6 is 11.6 Å². The third kappa shape index (κ3) is 6.43. The molecule has 1 N–H and O–H groups in total. The Balaban J connectivity index is 1.39. The molecule has 1 aromatic carbocycles. The van der Waals surface area contributed by atoms with E-state index in [0.717, 1.165) is 44.8 Å². The fraction of sp³-hybridized carbons (Fsp3) is 0.652. The zero-order valence-corrected chi connectivity index (χ0v) is 19.2. The Morgan fingerprint density at radius 3 is 2.20 bits per heavy atom. The predicted molar refractivity (Wildman–Crippen MR) is 120 cm³/mol. The smallest absolute Gasteiger partial charge is 0.236 e. The summed E-state index contributed by atoms with van der Waals surface area (Å²) in [6.45, 7) is 12.3. The number of hydrogen-bond acceptors (Lipinski definition) is 4. The van der Waals surface area contributed by atoms with Crippen LogP contribution in [0.4, 0.5) is 0 Å². The largest absolute Gasteiger partial charge is 0.348 e. The van der Waals surface area contributed by atoms with Gasteiger partial charge in [-0.3, -0.25) is 19.4 Å². The highest BCUT2D eigenvalue weighted by molar-refractivity contribution is 6.31. The molecule has 0 aromatic heterocycles. The van der Waals surface area contributed by atoms with Crippen LogP contribution in [-0.2, 0) is 9.59 Å². The summed E-state index contributed by atoms with van der Waals surface area (Å²) >= 11 is 6.23. The van der Waals surface area contributed by atoms with E-state index in [-0.39, 0.29) is 17.9 Å². The van der Waals surface area contributed by atoms with Crippen molar-refractivity contribution in [2.75, 3.05) is 52.4 Å². The first-order valence-corrected chi connectivity index (χ1v) is 11.5. The molecule has 0 aliphatic carbocycles. The van der Waals surface area contributed by atoms with Crippen molar-refractivity contribution in [1.29, 1.82) is 0 Å². The van der Waals surface area contributed by atoms with Gasteiger partial charge in [0.15, 0.2) is 0 Å². The van der Waals surface area contributed by atoms with Crippen LogP contribution in [-0.4, -0.2) is 78.9 Å². The van der Waals surface area contributed by atoms with E-state index in [9.17, 15) is 9.59 Å². The predicted octanol–water partition coefficient (Wildman–Crippen LogP) is 2.64. The molecule has 0 unspecified atom stereocenters. The van der Waals surface area contributed by atoms with Crippen molar-refractivity contribution in [3.05, 3.63) is 34.9 Å². The van der Waals surface area contributed by atoms with Gasteiger partial charge in [-0.1, -0.05) is 43.6 Å². The summed E-state index contributed by atoms with van der Waals surface area (Å²) in [5, 5.41) is 3.71. The van der Waals surface area contributed by atoms with Crippen molar-refractivity contribution < 1.29 is 9.59 Å². The molecule has 1 aromatic rings. The topological polar surface area (TPSA) is 55.9 Å². The number of amides is 2. The number of piperidine rings is 1. The van der Waals surface area contributed by atoms with Crippen LogP contribution in [0.1, 0.15) is 38.8 Å². The molecule has 0 bridgehead atoms. The van der Waals surface area contributed by atoms with Crippen molar-refractivity contribution in [2.24, 2.45) is 11.8 Å². The maximum absolute atomic E-state index is 12.7. The molecule has 2 amide bonds. The van der Waals surface area contributed by atoms with Crippen molar-refractivity contribution in [3.8, 4) is 0 Å². The molecule has 0 saturated carbocycles. The van der Waals surface area contributed by atoms with E-state index in [1.807, 2.05) is 36.1 Å². The molecule has 0 radical (unpaired) electrons. The number of nitrogens with zero attached hydrogens (tertiary/aromatic N) is 3. The molecule has 2 heterocycles. The highest BCUT2D eigenvalue weighted by atomic mass is 35.5. The van der Waals surface area contributed by atoms with Gasteiger partial charge < -0.3 is 10.2 Å². The first-order valence-electron chi connectivity index (χ1n) is 11.1. The lowest BCUT2D eigenvalue weighted by Gasteiger charge is -2.38. The molecule has 0 spiro atoms. The number of rotatable bonds is 6. The molecule has 2 saturated heterocycles. The number of halogens is 1. The maximum atomic E-state index is 12.7. The number of carbonyl (C=O) groups is 2. The standard InChI is InChI=1S/C23H35ClN4O2/c1-17-12-18(2)14-28(13-17)23(30)16-27-10-8-26(9-11-27)15-22(29)25-19(3)20-6-4-5-7-21(20)24/h4-7,17-19H,8-16H2,1-3H3,(H,25,29)/t17-,18-,19+/m1/s1. The Labute approximate surface area is 185 Å². The van der Waals surface area contributed by atoms with E-state index in [0.29, 0.717) is 29.9 Å². The van der Waals surface area contributed by atoms with E-state index < -0.39 is 0 Å². The van der Waals surface area contributed by atoms with Gasteiger partial charge in [-0.25, -0.2) is 0 Å². The third-order valence-electron chi connectivity index (χ3n) is 6.16. The lowest BCUT2D eigenvalue weighted by atomic mass is 9.92. The summed E-state index contributed by atoms with van der Waals surface area (Å²) in [4.78, 5) is 31.6. The van der Waals surface area contributed by atoms with Gasteiger partial charge in [-0.05, 0) is 36.8 Å². The van der Waals surface area contributed by atoms with Crippen LogP contribution in [0.3, 0.4) is 0 Å². The molecular formula is C23H35ClN4O2. The molecule has 2 aliphatic heterocycles. The molecule has 3 atom stereocenters. The minimum atomic E-state index is -0.126. The third-order valence-corrected chi connectivity index (χ3v) is 6.51. The van der Waals surface area contributed by atoms with Gasteiger partial charge >= 0.3 is 0 Å². The average Bonchev–Trinajstić information content (AvgIpc) is 2.69. The summed E-state index contributed by atoms with van der Waals surface area (Å²) in [5.41, 5.74) is 0.928.